The first kappa shape index (κ1) is 22.3. The molecule has 0 bridgehead atoms. The van der Waals surface area contributed by atoms with Gasteiger partial charge in [0.05, 0.1) is 18.2 Å². The van der Waals surface area contributed by atoms with Gasteiger partial charge >= 0.3 is 0 Å². The van der Waals surface area contributed by atoms with Gasteiger partial charge in [0.1, 0.15) is 17.6 Å². The van der Waals surface area contributed by atoms with E-state index in [0.29, 0.717) is 29.1 Å². The molecule has 0 saturated carbocycles. The molecule has 0 aliphatic carbocycles. The molecule has 0 radical (unpaired) electrons. The van der Waals surface area contributed by atoms with Gasteiger partial charge in [0.15, 0.2) is 0 Å². The van der Waals surface area contributed by atoms with Crippen LogP contribution in [0.2, 0.25) is 0 Å². The van der Waals surface area contributed by atoms with Crippen LogP contribution in [0.4, 0.5) is 0 Å². The number of methoxy groups -OCH3 is 1. The van der Waals surface area contributed by atoms with Crippen LogP contribution in [0.5, 0.6) is 5.75 Å². The highest BCUT2D eigenvalue weighted by atomic mass is 16.5. The van der Waals surface area contributed by atoms with E-state index in [9.17, 15) is 14.4 Å². The SMILES string of the molecule is COc1ccccc1C(NC(=O)CCCN1C(=O)c2ccc(C)cc2C1=O)c1nccn1C. The van der Waals surface area contributed by atoms with Gasteiger partial charge in [-0.2, -0.15) is 0 Å². The average molecular weight is 447 g/mol. The molecule has 1 aromatic heterocycles. The number of aromatic nitrogens is 2. The van der Waals surface area contributed by atoms with Gasteiger partial charge in [0, 0.05) is 38.0 Å². The largest absolute Gasteiger partial charge is 0.496 e. The van der Waals surface area contributed by atoms with E-state index in [1.807, 2.05) is 55.1 Å². The fraction of sp³-hybridized carbons (Fsp3) is 0.280. The second-order valence-electron chi connectivity index (χ2n) is 8.05. The topological polar surface area (TPSA) is 93.5 Å². The monoisotopic (exact) mass is 446 g/mol. The average Bonchev–Trinajstić information content (AvgIpc) is 3.33. The minimum absolute atomic E-state index is 0.155. The number of imide groups is 1. The Balaban J connectivity index is 1.43. The highest BCUT2D eigenvalue weighted by molar-refractivity contribution is 6.21. The first-order valence-electron chi connectivity index (χ1n) is 10.8. The van der Waals surface area contributed by atoms with E-state index < -0.39 is 6.04 Å². The summed E-state index contributed by atoms with van der Waals surface area (Å²) in [6.07, 6.45) is 4.00. The minimum Gasteiger partial charge on any atom is -0.496 e. The van der Waals surface area contributed by atoms with E-state index in [0.717, 1.165) is 11.1 Å². The molecule has 1 unspecified atom stereocenters. The predicted molar refractivity (Wildman–Crippen MR) is 122 cm³/mol. The molecule has 4 rings (SSSR count). The van der Waals surface area contributed by atoms with Crippen molar-refractivity contribution in [1.29, 1.82) is 0 Å². The first-order valence-corrected chi connectivity index (χ1v) is 10.8. The lowest BCUT2D eigenvalue weighted by Gasteiger charge is -2.21. The van der Waals surface area contributed by atoms with Gasteiger partial charge in [-0.15, -0.1) is 0 Å². The maximum absolute atomic E-state index is 12.9. The standard InChI is InChI=1S/C25H26N4O4/c1-16-10-11-17-19(15-16)25(32)29(24(17)31)13-6-9-21(30)27-22(23-26-12-14-28(23)2)18-7-4-5-8-20(18)33-3/h4-5,7-8,10-12,14-15,22H,6,9,13H2,1-3H3,(H,27,30). The van der Waals surface area contributed by atoms with Gasteiger partial charge in [-0.25, -0.2) is 4.98 Å². The maximum atomic E-state index is 12.9. The lowest BCUT2D eigenvalue weighted by Crippen LogP contribution is -2.34. The second-order valence-corrected chi connectivity index (χ2v) is 8.05. The van der Waals surface area contributed by atoms with E-state index >= 15 is 0 Å². The number of carbonyl (C=O) groups excluding carboxylic acids is 3. The number of fused-ring (bicyclic) bond motifs is 1. The smallest absolute Gasteiger partial charge is 0.261 e. The number of hydrogen-bond donors (Lipinski definition) is 1. The number of rotatable bonds is 8. The fourth-order valence-corrected chi connectivity index (χ4v) is 4.08. The zero-order valence-electron chi connectivity index (χ0n) is 18.9. The summed E-state index contributed by atoms with van der Waals surface area (Å²) >= 11 is 0. The Labute approximate surface area is 192 Å². The summed E-state index contributed by atoms with van der Waals surface area (Å²) < 4.78 is 7.33. The van der Waals surface area contributed by atoms with Crippen molar-refractivity contribution in [2.45, 2.75) is 25.8 Å². The molecule has 1 aliphatic heterocycles. The Bertz CT molecular complexity index is 1220. The normalized spacial score (nSPS) is 13.7. The Morgan fingerprint density at radius 2 is 1.88 bits per heavy atom. The predicted octanol–water partition coefficient (Wildman–Crippen LogP) is 3.02. The van der Waals surface area contributed by atoms with Crippen molar-refractivity contribution in [2.75, 3.05) is 13.7 Å². The van der Waals surface area contributed by atoms with Crippen molar-refractivity contribution < 1.29 is 19.1 Å². The van der Waals surface area contributed by atoms with Gasteiger partial charge in [0.25, 0.3) is 11.8 Å². The second kappa shape index (κ2) is 9.28. The molecule has 3 amide bonds. The third kappa shape index (κ3) is 4.37. The number of amides is 3. The van der Waals surface area contributed by atoms with Crippen LogP contribution in [0, 0.1) is 6.92 Å². The van der Waals surface area contributed by atoms with E-state index in [4.69, 9.17) is 4.74 Å². The van der Waals surface area contributed by atoms with Crippen molar-refractivity contribution in [3.05, 3.63) is 82.9 Å². The van der Waals surface area contributed by atoms with Gasteiger partial charge in [-0.3, -0.25) is 19.3 Å². The molecule has 1 aliphatic rings. The number of para-hydroxylation sites is 1. The number of benzene rings is 2. The maximum Gasteiger partial charge on any atom is 0.261 e. The third-order valence-corrected chi connectivity index (χ3v) is 5.78. The molecule has 8 nitrogen and oxygen atoms in total. The molecule has 3 aromatic rings. The van der Waals surface area contributed by atoms with Gasteiger partial charge in [-0.05, 0) is 31.5 Å². The number of aryl methyl sites for hydroxylation is 2. The Morgan fingerprint density at radius 3 is 2.61 bits per heavy atom. The minimum atomic E-state index is -0.504. The van der Waals surface area contributed by atoms with Crippen LogP contribution in [0.25, 0.3) is 0 Å². The lowest BCUT2D eigenvalue weighted by molar-refractivity contribution is -0.121. The van der Waals surface area contributed by atoms with Crippen LogP contribution in [-0.4, -0.2) is 45.8 Å². The zero-order valence-corrected chi connectivity index (χ0v) is 18.9. The molecule has 170 valence electrons. The molecular weight excluding hydrogens is 420 g/mol. The molecule has 1 N–H and O–H groups in total. The molecule has 2 heterocycles. The Kier molecular flexibility index (Phi) is 6.26. The van der Waals surface area contributed by atoms with Crippen LogP contribution in [0.3, 0.4) is 0 Å². The highest BCUT2D eigenvalue weighted by Crippen LogP contribution is 2.29. The molecule has 2 aromatic carbocycles. The summed E-state index contributed by atoms with van der Waals surface area (Å²) in [5, 5.41) is 3.03. The molecule has 0 fully saturated rings. The summed E-state index contributed by atoms with van der Waals surface area (Å²) in [5.41, 5.74) is 2.56. The van der Waals surface area contributed by atoms with Crippen LogP contribution in [-0.2, 0) is 11.8 Å². The Hall–Kier alpha value is -3.94. The fourth-order valence-electron chi connectivity index (χ4n) is 4.08. The van der Waals surface area contributed by atoms with Crippen molar-refractivity contribution in [3.8, 4) is 5.75 Å². The molecule has 33 heavy (non-hydrogen) atoms. The van der Waals surface area contributed by atoms with E-state index in [1.165, 1.54) is 4.90 Å². The molecule has 8 heteroatoms. The quantitative estimate of drug-likeness (QED) is 0.537. The highest BCUT2D eigenvalue weighted by Gasteiger charge is 2.35. The van der Waals surface area contributed by atoms with Crippen molar-refractivity contribution >= 4 is 17.7 Å². The van der Waals surface area contributed by atoms with Crippen LogP contribution < -0.4 is 10.1 Å². The number of ether oxygens (including phenoxy) is 1. The lowest BCUT2D eigenvalue weighted by atomic mass is 10.0. The number of hydrogen-bond acceptors (Lipinski definition) is 5. The van der Waals surface area contributed by atoms with E-state index in [2.05, 4.69) is 10.3 Å². The number of nitrogens with zero attached hydrogens (tertiary/aromatic N) is 3. The van der Waals surface area contributed by atoms with Gasteiger partial charge in [-0.1, -0.05) is 29.8 Å². The molecule has 0 spiro atoms. The van der Waals surface area contributed by atoms with Gasteiger partial charge in [0.2, 0.25) is 5.91 Å². The van der Waals surface area contributed by atoms with E-state index in [-0.39, 0.29) is 30.7 Å². The van der Waals surface area contributed by atoms with Crippen LogP contribution in [0.1, 0.15) is 56.6 Å². The van der Waals surface area contributed by atoms with Crippen molar-refractivity contribution in [3.63, 3.8) is 0 Å². The summed E-state index contributed by atoms with van der Waals surface area (Å²) in [4.78, 5) is 43.7. The number of nitrogens with one attached hydrogen (secondary N) is 1. The van der Waals surface area contributed by atoms with Crippen LogP contribution >= 0.6 is 0 Å². The summed E-state index contributed by atoms with van der Waals surface area (Å²) in [7, 11) is 3.45. The molecular formula is C25H26N4O4. The first-order chi connectivity index (χ1) is 15.9. The Morgan fingerprint density at radius 1 is 1.12 bits per heavy atom. The van der Waals surface area contributed by atoms with Crippen LogP contribution in [0.15, 0.2) is 54.9 Å². The summed E-state index contributed by atoms with van der Waals surface area (Å²) in [5.74, 6) is 0.492. The third-order valence-electron chi connectivity index (χ3n) is 5.78. The zero-order chi connectivity index (χ0) is 23.5. The molecule has 1 atom stereocenters. The van der Waals surface area contributed by atoms with E-state index in [1.54, 1.807) is 25.4 Å². The summed E-state index contributed by atoms with van der Waals surface area (Å²) in [6, 6.07) is 12.2. The number of imidazole rings is 1. The molecule has 0 saturated heterocycles. The van der Waals surface area contributed by atoms with Gasteiger partial charge < -0.3 is 14.6 Å². The van der Waals surface area contributed by atoms with Crippen molar-refractivity contribution in [1.82, 2.24) is 19.8 Å². The van der Waals surface area contributed by atoms with Crippen molar-refractivity contribution in [2.24, 2.45) is 7.05 Å². The number of carbonyl (C=O) groups is 3. The summed E-state index contributed by atoms with van der Waals surface area (Å²) in [6.45, 7) is 2.06.